The SMILES string of the molecule is CCCC(C)(C)C1=C(C(N)=O)[CH]CC=C1. The van der Waals surface area contributed by atoms with Gasteiger partial charge in [-0.25, -0.2) is 0 Å². The minimum atomic E-state index is -0.307. The Hall–Kier alpha value is -1.05. The van der Waals surface area contributed by atoms with Gasteiger partial charge >= 0.3 is 0 Å². The lowest BCUT2D eigenvalue weighted by atomic mass is 9.75. The number of primary amides is 1. The molecular weight excluding hydrogens is 186 g/mol. The maximum atomic E-state index is 11.3. The van der Waals surface area contributed by atoms with Crippen molar-refractivity contribution in [2.24, 2.45) is 11.1 Å². The molecule has 0 bridgehead atoms. The number of nitrogens with two attached hydrogens (primary N) is 1. The van der Waals surface area contributed by atoms with Crippen LogP contribution < -0.4 is 5.73 Å². The Morgan fingerprint density at radius 3 is 2.73 bits per heavy atom. The summed E-state index contributed by atoms with van der Waals surface area (Å²) < 4.78 is 0. The lowest BCUT2D eigenvalue weighted by Gasteiger charge is -2.29. The van der Waals surface area contributed by atoms with Crippen LogP contribution in [0.3, 0.4) is 0 Å². The Balaban J connectivity index is 3.07. The summed E-state index contributed by atoms with van der Waals surface area (Å²) in [5.41, 5.74) is 7.21. The van der Waals surface area contributed by atoms with Gasteiger partial charge in [0.1, 0.15) is 0 Å². The normalized spacial score (nSPS) is 17.0. The number of carbonyl (C=O) groups is 1. The molecule has 83 valence electrons. The Morgan fingerprint density at radius 2 is 2.20 bits per heavy atom. The van der Waals surface area contributed by atoms with Crippen molar-refractivity contribution in [3.8, 4) is 0 Å². The molecule has 2 heteroatoms. The van der Waals surface area contributed by atoms with Crippen LogP contribution >= 0.6 is 0 Å². The predicted molar refractivity (Wildman–Crippen MR) is 63.0 cm³/mol. The average molecular weight is 206 g/mol. The first-order valence-electron chi connectivity index (χ1n) is 5.53. The molecule has 2 nitrogen and oxygen atoms in total. The third-order valence-corrected chi connectivity index (χ3v) is 2.90. The number of hydrogen-bond acceptors (Lipinski definition) is 1. The highest BCUT2D eigenvalue weighted by Gasteiger charge is 2.26. The predicted octanol–water partition coefficient (Wildman–Crippen LogP) is 2.76. The van der Waals surface area contributed by atoms with Crippen molar-refractivity contribution < 1.29 is 4.79 Å². The van der Waals surface area contributed by atoms with Gasteiger partial charge in [0.05, 0.1) is 0 Å². The van der Waals surface area contributed by atoms with Crippen LogP contribution in [-0.4, -0.2) is 5.91 Å². The minimum absolute atomic E-state index is 0.0343. The fourth-order valence-corrected chi connectivity index (χ4v) is 2.15. The van der Waals surface area contributed by atoms with E-state index in [2.05, 4.69) is 32.9 Å². The molecule has 0 aromatic rings. The molecule has 0 heterocycles. The molecule has 1 aliphatic rings. The summed E-state index contributed by atoms with van der Waals surface area (Å²) in [4.78, 5) is 11.3. The van der Waals surface area contributed by atoms with Crippen molar-refractivity contribution in [3.05, 3.63) is 29.7 Å². The molecule has 0 spiro atoms. The zero-order chi connectivity index (χ0) is 11.5. The van der Waals surface area contributed by atoms with E-state index >= 15 is 0 Å². The second-order valence-electron chi connectivity index (χ2n) is 4.67. The number of hydrogen-bond donors (Lipinski definition) is 1. The zero-order valence-electron chi connectivity index (χ0n) is 9.84. The molecule has 2 N–H and O–H groups in total. The number of carbonyl (C=O) groups excluding carboxylic acids is 1. The van der Waals surface area contributed by atoms with E-state index in [1.165, 1.54) is 0 Å². The Morgan fingerprint density at radius 1 is 1.53 bits per heavy atom. The van der Waals surface area contributed by atoms with Crippen molar-refractivity contribution in [1.82, 2.24) is 0 Å². The highest BCUT2D eigenvalue weighted by atomic mass is 16.1. The van der Waals surface area contributed by atoms with E-state index in [1.54, 1.807) is 0 Å². The molecule has 1 amide bonds. The van der Waals surface area contributed by atoms with Crippen molar-refractivity contribution in [3.63, 3.8) is 0 Å². The van der Waals surface area contributed by atoms with Crippen LogP contribution in [0.15, 0.2) is 23.3 Å². The van der Waals surface area contributed by atoms with Gasteiger partial charge in [0.25, 0.3) is 0 Å². The first-order chi connectivity index (χ1) is 6.99. The summed E-state index contributed by atoms with van der Waals surface area (Å²) in [7, 11) is 0. The topological polar surface area (TPSA) is 43.1 Å². The molecule has 0 aromatic carbocycles. The molecule has 0 atom stereocenters. The summed E-state index contributed by atoms with van der Waals surface area (Å²) in [5, 5.41) is 0. The second-order valence-corrected chi connectivity index (χ2v) is 4.67. The molecule has 0 aromatic heterocycles. The van der Waals surface area contributed by atoms with Crippen molar-refractivity contribution in [1.29, 1.82) is 0 Å². The average Bonchev–Trinajstić information content (AvgIpc) is 2.17. The summed E-state index contributed by atoms with van der Waals surface area (Å²) in [5.74, 6) is -0.307. The highest BCUT2D eigenvalue weighted by molar-refractivity contribution is 5.96. The third kappa shape index (κ3) is 2.71. The van der Waals surface area contributed by atoms with E-state index in [1.807, 2.05) is 6.42 Å². The maximum Gasteiger partial charge on any atom is 0.245 e. The van der Waals surface area contributed by atoms with E-state index in [0.717, 1.165) is 24.8 Å². The number of allylic oxidation sites excluding steroid dienone is 3. The van der Waals surface area contributed by atoms with Gasteiger partial charge in [-0.3, -0.25) is 4.79 Å². The smallest absolute Gasteiger partial charge is 0.245 e. The molecular formula is C13H20NO. The van der Waals surface area contributed by atoms with Crippen LogP contribution in [0.4, 0.5) is 0 Å². The van der Waals surface area contributed by atoms with Gasteiger partial charge in [-0.05, 0) is 23.8 Å². The van der Waals surface area contributed by atoms with E-state index in [4.69, 9.17) is 5.73 Å². The van der Waals surface area contributed by atoms with Crippen LogP contribution in [-0.2, 0) is 4.79 Å². The van der Waals surface area contributed by atoms with Gasteiger partial charge in [-0.15, -0.1) is 0 Å². The van der Waals surface area contributed by atoms with E-state index in [-0.39, 0.29) is 11.3 Å². The molecule has 15 heavy (non-hydrogen) atoms. The van der Waals surface area contributed by atoms with Crippen LogP contribution in [0.25, 0.3) is 0 Å². The van der Waals surface area contributed by atoms with Gasteiger partial charge in [-0.2, -0.15) is 0 Å². The molecule has 0 saturated carbocycles. The maximum absolute atomic E-state index is 11.3. The molecule has 1 rings (SSSR count). The van der Waals surface area contributed by atoms with E-state index in [0.29, 0.717) is 5.57 Å². The molecule has 1 aliphatic carbocycles. The Labute approximate surface area is 92.2 Å². The summed E-state index contributed by atoms with van der Waals surface area (Å²) >= 11 is 0. The molecule has 0 saturated heterocycles. The first-order valence-corrected chi connectivity index (χ1v) is 5.53. The van der Waals surface area contributed by atoms with Gasteiger partial charge in [0.2, 0.25) is 5.91 Å². The van der Waals surface area contributed by atoms with Crippen molar-refractivity contribution in [2.45, 2.75) is 40.0 Å². The lowest BCUT2D eigenvalue weighted by Crippen LogP contribution is -2.24. The molecule has 1 radical (unpaired) electrons. The molecule has 0 unspecified atom stereocenters. The van der Waals surface area contributed by atoms with Gasteiger partial charge in [-0.1, -0.05) is 39.3 Å². The fraction of sp³-hybridized carbons (Fsp3) is 0.538. The third-order valence-electron chi connectivity index (χ3n) is 2.90. The first kappa shape index (κ1) is 12.0. The van der Waals surface area contributed by atoms with E-state index < -0.39 is 0 Å². The number of rotatable bonds is 4. The lowest BCUT2D eigenvalue weighted by molar-refractivity contribution is -0.114. The van der Waals surface area contributed by atoms with Crippen LogP contribution in [0.2, 0.25) is 0 Å². The molecule has 0 aliphatic heterocycles. The van der Waals surface area contributed by atoms with Gasteiger partial charge in [0.15, 0.2) is 0 Å². The zero-order valence-corrected chi connectivity index (χ0v) is 9.84. The van der Waals surface area contributed by atoms with Gasteiger partial charge < -0.3 is 5.73 Å². The Kier molecular flexibility index (Phi) is 3.72. The minimum Gasteiger partial charge on any atom is -0.366 e. The molecule has 0 fully saturated rings. The van der Waals surface area contributed by atoms with Crippen LogP contribution in [0.5, 0.6) is 0 Å². The Bertz CT molecular complexity index is 310. The largest absolute Gasteiger partial charge is 0.366 e. The summed E-state index contributed by atoms with van der Waals surface area (Å²) in [6.07, 6.45) is 9.04. The second kappa shape index (κ2) is 4.65. The summed E-state index contributed by atoms with van der Waals surface area (Å²) in [6.45, 7) is 6.49. The van der Waals surface area contributed by atoms with Crippen LogP contribution in [0.1, 0.15) is 40.0 Å². The standard InChI is InChI=1S/C13H20NO/c1-4-9-13(2,3)11-8-6-5-7-10(11)12(14)15/h6-8H,4-5,9H2,1-3H3,(H2,14,15). The van der Waals surface area contributed by atoms with Gasteiger partial charge in [0, 0.05) is 12.0 Å². The quantitative estimate of drug-likeness (QED) is 0.755. The fourth-order valence-electron chi connectivity index (χ4n) is 2.15. The van der Waals surface area contributed by atoms with E-state index in [9.17, 15) is 4.79 Å². The van der Waals surface area contributed by atoms with Crippen molar-refractivity contribution in [2.75, 3.05) is 0 Å². The van der Waals surface area contributed by atoms with Crippen molar-refractivity contribution >= 4 is 5.91 Å². The van der Waals surface area contributed by atoms with Crippen LogP contribution in [0, 0.1) is 11.8 Å². The number of amides is 1. The monoisotopic (exact) mass is 206 g/mol. The summed E-state index contributed by atoms with van der Waals surface area (Å²) in [6, 6.07) is 0. The highest BCUT2D eigenvalue weighted by Crippen LogP contribution is 2.37.